The average Bonchev–Trinajstić information content (AvgIpc) is 2.68. The fourth-order valence-corrected chi connectivity index (χ4v) is 5.41. The topological polar surface area (TPSA) is 35.5 Å². The van der Waals surface area contributed by atoms with E-state index in [-0.39, 0.29) is 0 Å². The van der Waals surface area contributed by atoms with E-state index in [9.17, 15) is 4.57 Å². The van der Waals surface area contributed by atoms with Crippen LogP contribution in [0.4, 0.5) is 0 Å². The van der Waals surface area contributed by atoms with E-state index in [1.54, 1.807) is 0 Å². The number of rotatable bonds is 4. The molecule has 3 aromatic carbocycles. The molecule has 0 bridgehead atoms. The minimum Gasteiger partial charge on any atom is -0.420 e. The molecule has 1 unspecified atom stereocenters. The lowest BCUT2D eigenvalue weighted by molar-refractivity contribution is 0.279. The van der Waals surface area contributed by atoms with Gasteiger partial charge in [0.15, 0.2) is 0 Å². The summed E-state index contributed by atoms with van der Waals surface area (Å²) in [5.41, 5.74) is 6.04. The van der Waals surface area contributed by atoms with Crippen molar-refractivity contribution in [3.8, 4) is 0 Å². The molecule has 1 aliphatic rings. The van der Waals surface area contributed by atoms with Crippen LogP contribution in [0, 0.1) is 13.8 Å². The van der Waals surface area contributed by atoms with Gasteiger partial charge in [-0.15, -0.1) is 0 Å². The number of aryl methyl sites for hydroxylation is 2. The maximum absolute atomic E-state index is 13.7. The molecule has 0 amide bonds. The average molecular weight is 390 g/mol. The zero-order valence-electron chi connectivity index (χ0n) is 16.3. The fourth-order valence-electron chi connectivity index (χ4n) is 3.60. The molecule has 0 saturated carbocycles. The molecule has 0 radical (unpaired) electrons. The van der Waals surface area contributed by atoms with Gasteiger partial charge in [-0.25, -0.2) is 4.57 Å². The van der Waals surface area contributed by atoms with Gasteiger partial charge in [0.1, 0.15) is 5.76 Å². The Morgan fingerprint density at radius 1 is 0.857 bits per heavy atom. The summed E-state index contributed by atoms with van der Waals surface area (Å²) in [4.78, 5) is 0. The van der Waals surface area contributed by atoms with Crippen molar-refractivity contribution < 1.29 is 13.6 Å². The molecule has 0 aromatic heterocycles. The van der Waals surface area contributed by atoms with E-state index in [4.69, 9.17) is 9.05 Å². The molecule has 0 fully saturated rings. The SMILES string of the molecule is CCOP1(=O)OC(c2cccc(C)c2)=C(c2cccc(C)c2)c2ccccc21. The minimum absolute atomic E-state index is 0.312. The van der Waals surface area contributed by atoms with E-state index in [0.29, 0.717) is 17.7 Å². The molecule has 4 heteroatoms. The summed E-state index contributed by atoms with van der Waals surface area (Å²) in [5, 5.41) is 0.616. The smallest absolute Gasteiger partial charge is 0.411 e. The van der Waals surface area contributed by atoms with Crippen molar-refractivity contribution in [2.24, 2.45) is 0 Å². The van der Waals surface area contributed by atoms with Crippen LogP contribution in [-0.4, -0.2) is 6.61 Å². The summed E-state index contributed by atoms with van der Waals surface area (Å²) in [6, 6.07) is 24.0. The van der Waals surface area contributed by atoms with E-state index in [1.165, 1.54) is 0 Å². The molecule has 0 spiro atoms. The van der Waals surface area contributed by atoms with Crippen LogP contribution in [0.25, 0.3) is 11.3 Å². The van der Waals surface area contributed by atoms with Crippen LogP contribution in [-0.2, 0) is 13.6 Å². The zero-order chi connectivity index (χ0) is 19.7. The molecule has 142 valence electrons. The summed E-state index contributed by atoms with van der Waals surface area (Å²) in [6.45, 7) is 6.25. The fraction of sp³-hybridized carbons (Fsp3) is 0.167. The largest absolute Gasteiger partial charge is 0.420 e. The van der Waals surface area contributed by atoms with E-state index in [0.717, 1.165) is 33.4 Å². The lowest BCUT2D eigenvalue weighted by Gasteiger charge is -2.30. The number of fused-ring (bicyclic) bond motifs is 1. The van der Waals surface area contributed by atoms with Crippen LogP contribution in [0.2, 0.25) is 0 Å². The molecular weight excluding hydrogens is 367 g/mol. The molecule has 1 atom stereocenters. The van der Waals surface area contributed by atoms with Crippen LogP contribution in [0.1, 0.15) is 34.7 Å². The van der Waals surface area contributed by atoms with Gasteiger partial charge < -0.3 is 4.52 Å². The normalized spacial score (nSPS) is 18.5. The van der Waals surface area contributed by atoms with Crippen molar-refractivity contribution in [1.82, 2.24) is 0 Å². The molecule has 3 nitrogen and oxygen atoms in total. The van der Waals surface area contributed by atoms with Crippen molar-refractivity contribution in [1.29, 1.82) is 0 Å². The Balaban J connectivity index is 2.06. The zero-order valence-corrected chi connectivity index (χ0v) is 17.2. The van der Waals surface area contributed by atoms with Gasteiger partial charge in [-0.05, 0) is 38.5 Å². The molecule has 0 N–H and O–H groups in total. The van der Waals surface area contributed by atoms with Gasteiger partial charge in [0.05, 0.1) is 11.9 Å². The minimum atomic E-state index is -3.47. The number of hydrogen-bond donors (Lipinski definition) is 0. The van der Waals surface area contributed by atoms with Crippen LogP contribution in [0.3, 0.4) is 0 Å². The number of hydrogen-bond acceptors (Lipinski definition) is 3. The standard InChI is InChI=1S/C24H23O3P/c1-4-26-28(25)22-14-6-5-13-21(22)23(19-11-7-9-17(2)15-19)24(27-28)20-12-8-10-18(3)16-20/h5-16H,4H2,1-3H3. The summed E-state index contributed by atoms with van der Waals surface area (Å²) in [5.74, 6) is 0.602. The van der Waals surface area contributed by atoms with Gasteiger partial charge >= 0.3 is 7.60 Å². The quantitative estimate of drug-likeness (QED) is 0.505. The molecule has 3 aromatic rings. The Morgan fingerprint density at radius 3 is 2.18 bits per heavy atom. The summed E-state index contributed by atoms with van der Waals surface area (Å²) < 4.78 is 25.6. The highest BCUT2D eigenvalue weighted by molar-refractivity contribution is 7.62. The summed E-state index contributed by atoms with van der Waals surface area (Å²) >= 11 is 0. The van der Waals surface area contributed by atoms with Gasteiger partial charge in [-0.3, -0.25) is 4.52 Å². The summed E-state index contributed by atoms with van der Waals surface area (Å²) in [6.07, 6.45) is 0. The van der Waals surface area contributed by atoms with Gasteiger partial charge in [0.2, 0.25) is 0 Å². The van der Waals surface area contributed by atoms with Crippen LogP contribution in [0.15, 0.2) is 72.8 Å². The van der Waals surface area contributed by atoms with Gasteiger partial charge in [0.25, 0.3) is 0 Å². The third-order valence-electron chi connectivity index (χ3n) is 4.79. The van der Waals surface area contributed by atoms with E-state index >= 15 is 0 Å². The first-order valence-electron chi connectivity index (χ1n) is 9.44. The molecular formula is C24H23O3P. The van der Waals surface area contributed by atoms with Gasteiger partial charge in [0, 0.05) is 16.7 Å². The molecule has 4 rings (SSSR count). The molecule has 0 aliphatic carbocycles. The van der Waals surface area contributed by atoms with Crippen LogP contribution < -0.4 is 5.30 Å². The van der Waals surface area contributed by atoms with Crippen molar-refractivity contribution in [2.75, 3.05) is 6.61 Å². The lowest BCUT2D eigenvalue weighted by Crippen LogP contribution is -2.20. The van der Waals surface area contributed by atoms with Gasteiger partial charge in [-0.2, -0.15) is 0 Å². The maximum Gasteiger partial charge on any atom is 0.411 e. The van der Waals surface area contributed by atoms with Crippen molar-refractivity contribution in [3.63, 3.8) is 0 Å². The van der Waals surface area contributed by atoms with E-state index in [2.05, 4.69) is 31.2 Å². The molecule has 0 saturated heterocycles. The number of benzene rings is 3. The first-order valence-corrected chi connectivity index (χ1v) is 11.0. The van der Waals surface area contributed by atoms with Gasteiger partial charge in [-0.1, -0.05) is 71.8 Å². The first kappa shape index (κ1) is 18.7. The third-order valence-corrected chi connectivity index (χ3v) is 6.79. The highest BCUT2D eigenvalue weighted by Crippen LogP contribution is 2.57. The van der Waals surface area contributed by atoms with Crippen LogP contribution in [0.5, 0.6) is 0 Å². The van der Waals surface area contributed by atoms with Crippen molar-refractivity contribution in [2.45, 2.75) is 20.8 Å². The Bertz CT molecular complexity index is 1110. The predicted molar refractivity (Wildman–Crippen MR) is 115 cm³/mol. The highest BCUT2D eigenvalue weighted by atomic mass is 31.2. The Hall–Kier alpha value is -2.61. The second-order valence-electron chi connectivity index (χ2n) is 6.97. The molecule has 28 heavy (non-hydrogen) atoms. The second-order valence-corrected chi connectivity index (χ2v) is 8.88. The highest BCUT2D eigenvalue weighted by Gasteiger charge is 2.39. The summed E-state index contributed by atoms with van der Waals surface area (Å²) in [7, 11) is -3.47. The molecule has 1 heterocycles. The maximum atomic E-state index is 13.7. The predicted octanol–water partition coefficient (Wildman–Crippen LogP) is 6.11. The van der Waals surface area contributed by atoms with Crippen molar-refractivity contribution in [3.05, 3.63) is 101 Å². The van der Waals surface area contributed by atoms with E-state index < -0.39 is 7.60 Å². The van der Waals surface area contributed by atoms with Crippen LogP contribution >= 0.6 is 7.60 Å². The Kier molecular flexibility index (Phi) is 4.97. The van der Waals surface area contributed by atoms with E-state index in [1.807, 2.05) is 62.4 Å². The molecule has 1 aliphatic heterocycles. The first-order chi connectivity index (χ1) is 13.5. The third kappa shape index (κ3) is 3.32. The Labute approximate surface area is 166 Å². The second kappa shape index (κ2) is 7.43. The lowest BCUT2D eigenvalue weighted by atomic mass is 9.93. The van der Waals surface area contributed by atoms with Crippen molar-refractivity contribution >= 4 is 24.2 Å². The Morgan fingerprint density at radius 2 is 1.50 bits per heavy atom. The monoisotopic (exact) mass is 390 g/mol.